The Morgan fingerprint density at radius 2 is 1.86 bits per heavy atom. The zero-order valence-electron chi connectivity index (χ0n) is 20.0. The van der Waals surface area contributed by atoms with Gasteiger partial charge in [0.05, 0.1) is 19.0 Å². The maximum absolute atomic E-state index is 13.3. The van der Waals surface area contributed by atoms with E-state index in [9.17, 15) is 9.59 Å². The van der Waals surface area contributed by atoms with Crippen molar-refractivity contribution in [1.29, 1.82) is 0 Å². The summed E-state index contributed by atoms with van der Waals surface area (Å²) < 4.78 is 11.7. The van der Waals surface area contributed by atoms with Gasteiger partial charge in [0.25, 0.3) is 0 Å². The van der Waals surface area contributed by atoms with Gasteiger partial charge >= 0.3 is 0 Å². The Balaban J connectivity index is 1.47. The van der Waals surface area contributed by atoms with E-state index in [2.05, 4.69) is 24.0 Å². The minimum absolute atomic E-state index is 0.0323. The van der Waals surface area contributed by atoms with E-state index in [1.165, 1.54) is 5.56 Å². The summed E-state index contributed by atoms with van der Waals surface area (Å²) in [6.07, 6.45) is 5.49. The number of aromatic nitrogens is 1. The van der Waals surface area contributed by atoms with Gasteiger partial charge in [-0.1, -0.05) is 35.9 Å². The molecule has 0 fully saturated rings. The fourth-order valence-corrected chi connectivity index (χ4v) is 4.93. The molecule has 6 nitrogen and oxygen atoms in total. The van der Waals surface area contributed by atoms with Crippen molar-refractivity contribution in [2.45, 2.75) is 45.1 Å². The molecule has 0 bridgehead atoms. The zero-order chi connectivity index (χ0) is 24.4. The van der Waals surface area contributed by atoms with Crippen molar-refractivity contribution >= 4 is 17.4 Å². The number of methoxy groups -OCH3 is 1. The largest absolute Gasteiger partial charge is 0.493 e. The molecule has 2 aliphatic rings. The minimum Gasteiger partial charge on any atom is -0.493 e. The van der Waals surface area contributed by atoms with Crippen molar-refractivity contribution in [3.05, 3.63) is 95.0 Å². The normalized spacial score (nSPS) is 17.9. The third-order valence-electron chi connectivity index (χ3n) is 6.68. The van der Waals surface area contributed by atoms with Gasteiger partial charge in [-0.25, -0.2) is 0 Å². The van der Waals surface area contributed by atoms with E-state index in [0.29, 0.717) is 36.6 Å². The van der Waals surface area contributed by atoms with Crippen LogP contribution in [-0.4, -0.2) is 23.8 Å². The standard InChI is InChI=1S/C29H28N2O4/c1-19-8-10-20(11-9-19)18-35-26-13-12-21(15-27(26)34-2)23-16-28(33)31(22-5-4-14-30-17-22)24-6-3-7-25(32)29(23)24/h4-5,8-15,17,23H,3,6-7,16,18H2,1-2H3. The number of ether oxygens (including phenoxy) is 2. The van der Waals surface area contributed by atoms with Crippen LogP contribution in [0.5, 0.6) is 11.5 Å². The summed E-state index contributed by atoms with van der Waals surface area (Å²) >= 11 is 0. The number of hydrogen-bond acceptors (Lipinski definition) is 5. The number of carbonyl (C=O) groups is 2. The highest BCUT2D eigenvalue weighted by molar-refractivity contribution is 6.07. The second kappa shape index (κ2) is 9.74. The Morgan fingerprint density at radius 1 is 1.03 bits per heavy atom. The lowest BCUT2D eigenvalue weighted by Crippen LogP contribution is -2.40. The summed E-state index contributed by atoms with van der Waals surface area (Å²) in [5.41, 5.74) is 5.38. The van der Waals surface area contributed by atoms with E-state index >= 15 is 0 Å². The summed E-state index contributed by atoms with van der Waals surface area (Å²) in [6.45, 7) is 2.47. The second-order valence-corrected chi connectivity index (χ2v) is 9.02. The Bertz CT molecular complexity index is 1280. The lowest BCUT2D eigenvalue weighted by Gasteiger charge is -2.38. The molecule has 178 valence electrons. The molecule has 0 saturated heterocycles. The summed E-state index contributed by atoms with van der Waals surface area (Å²) in [4.78, 5) is 32.3. The molecule has 2 aromatic carbocycles. The highest BCUT2D eigenvalue weighted by Gasteiger charge is 2.40. The van der Waals surface area contributed by atoms with Gasteiger partial charge in [0.2, 0.25) is 5.91 Å². The zero-order valence-corrected chi connectivity index (χ0v) is 20.0. The first-order chi connectivity index (χ1) is 17.0. The molecule has 1 amide bonds. The molecule has 0 saturated carbocycles. The summed E-state index contributed by atoms with van der Waals surface area (Å²) in [7, 11) is 1.60. The first-order valence-electron chi connectivity index (χ1n) is 11.9. The number of nitrogens with zero attached hydrogens (tertiary/aromatic N) is 2. The molecule has 5 rings (SSSR count). The number of amides is 1. The van der Waals surface area contributed by atoms with Gasteiger partial charge in [-0.3, -0.25) is 19.5 Å². The quantitative estimate of drug-likeness (QED) is 0.477. The minimum atomic E-state index is -0.307. The van der Waals surface area contributed by atoms with Crippen molar-refractivity contribution in [1.82, 2.24) is 4.98 Å². The number of rotatable bonds is 6. The van der Waals surface area contributed by atoms with E-state index < -0.39 is 0 Å². The Labute approximate surface area is 205 Å². The molecule has 1 aromatic heterocycles. The Hall–Kier alpha value is -3.93. The second-order valence-electron chi connectivity index (χ2n) is 9.02. The molecule has 0 N–H and O–H groups in total. The maximum Gasteiger partial charge on any atom is 0.232 e. The first kappa shape index (κ1) is 22.8. The molecule has 1 aliphatic carbocycles. The number of Topliss-reactive ketones (excluding diaryl/α,β-unsaturated/α-hetero) is 1. The number of ketones is 1. The third kappa shape index (κ3) is 4.56. The first-order valence-corrected chi connectivity index (χ1v) is 11.9. The van der Waals surface area contributed by atoms with Crippen LogP contribution < -0.4 is 14.4 Å². The fraction of sp³-hybridized carbons (Fsp3) is 0.276. The molecular formula is C29H28N2O4. The van der Waals surface area contributed by atoms with E-state index in [0.717, 1.165) is 28.8 Å². The third-order valence-corrected chi connectivity index (χ3v) is 6.68. The number of pyridine rings is 1. The molecule has 1 unspecified atom stereocenters. The Morgan fingerprint density at radius 3 is 2.60 bits per heavy atom. The highest BCUT2D eigenvalue weighted by atomic mass is 16.5. The van der Waals surface area contributed by atoms with Crippen LogP contribution >= 0.6 is 0 Å². The SMILES string of the molecule is COc1cc(C2CC(=O)N(c3cccnc3)C3=C2C(=O)CCC3)ccc1OCc1ccc(C)cc1. The molecule has 35 heavy (non-hydrogen) atoms. The average Bonchev–Trinajstić information content (AvgIpc) is 2.88. The summed E-state index contributed by atoms with van der Waals surface area (Å²) in [5, 5.41) is 0. The lowest BCUT2D eigenvalue weighted by molar-refractivity contribution is -0.119. The van der Waals surface area contributed by atoms with E-state index in [1.807, 2.05) is 36.4 Å². The molecule has 6 heteroatoms. The van der Waals surface area contributed by atoms with Gasteiger partial charge in [0.15, 0.2) is 17.3 Å². The molecule has 3 aromatic rings. The van der Waals surface area contributed by atoms with Crippen LogP contribution in [0.1, 0.15) is 48.3 Å². The van der Waals surface area contributed by atoms with E-state index in [-0.39, 0.29) is 24.0 Å². The van der Waals surface area contributed by atoms with Gasteiger partial charge in [0.1, 0.15) is 6.61 Å². The van der Waals surface area contributed by atoms with E-state index in [1.54, 1.807) is 30.5 Å². The van der Waals surface area contributed by atoms with Crippen LogP contribution in [0.3, 0.4) is 0 Å². The molecule has 2 heterocycles. The highest BCUT2D eigenvalue weighted by Crippen LogP contribution is 2.44. The van der Waals surface area contributed by atoms with Gasteiger partial charge in [-0.2, -0.15) is 0 Å². The van der Waals surface area contributed by atoms with Crippen molar-refractivity contribution in [3.8, 4) is 11.5 Å². The summed E-state index contributed by atoms with van der Waals surface area (Å²) in [6, 6.07) is 17.6. The van der Waals surface area contributed by atoms with Crippen LogP contribution in [0.4, 0.5) is 5.69 Å². The molecular weight excluding hydrogens is 440 g/mol. The molecule has 1 aliphatic heterocycles. The van der Waals surface area contributed by atoms with Gasteiger partial charge in [-0.05, 0) is 55.2 Å². The van der Waals surface area contributed by atoms with Gasteiger partial charge in [0, 0.05) is 36.2 Å². The predicted octanol–water partition coefficient (Wildman–Crippen LogP) is 5.51. The van der Waals surface area contributed by atoms with Crippen molar-refractivity contribution in [2.24, 2.45) is 0 Å². The van der Waals surface area contributed by atoms with E-state index in [4.69, 9.17) is 9.47 Å². The van der Waals surface area contributed by atoms with Crippen LogP contribution in [0.25, 0.3) is 0 Å². The van der Waals surface area contributed by atoms with Gasteiger partial charge < -0.3 is 9.47 Å². The fourth-order valence-electron chi connectivity index (χ4n) is 4.93. The number of carbonyl (C=O) groups excluding carboxylic acids is 2. The van der Waals surface area contributed by atoms with Crippen LogP contribution in [0.2, 0.25) is 0 Å². The van der Waals surface area contributed by atoms with Crippen LogP contribution in [0.15, 0.2) is 78.3 Å². The number of benzene rings is 2. The maximum atomic E-state index is 13.3. The lowest BCUT2D eigenvalue weighted by atomic mass is 9.77. The molecule has 0 spiro atoms. The number of hydrogen-bond donors (Lipinski definition) is 0. The average molecular weight is 469 g/mol. The number of anilines is 1. The van der Waals surface area contributed by atoms with Crippen molar-refractivity contribution in [2.75, 3.05) is 12.0 Å². The number of aryl methyl sites for hydroxylation is 1. The Kier molecular flexibility index (Phi) is 6.36. The monoisotopic (exact) mass is 468 g/mol. The van der Waals surface area contributed by atoms with Crippen molar-refractivity contribution < 1.29 is 19.1 Å². The topological polar surface area (TPSA) is 68.7 Å². The number of allylic oxidation sites excluding steroid dienone is 2. The molecule has 0 radical (unpaired) electrons. The van der Waals surface area contributed by atoms with Crippen molar-refractivity contribution in [3.63, 3.8) is 0 Å². The van der Waals surface area contributed by atoms with Gasteiger partial charge in [-0.15, -0.1) is 0 Å². The van der Waals surface area contributed by atoms with Crippen LogP contribution in [-0.2, 0) is 16.2 Å². The predicted molar refractivity (Wildman–Crippen MR) is 133 cm³/mol. The summed E-state index contributed by atoms with van der Waals surface area (Å²) in [5.74, 6) is 0.979. The smallest absolute Gasteiger partial charge is 0.232 e. The van der Waals surface area contributed by atoms with Crippen LogP contribution in [0, 0.1) is 6.92 Å². The molecule has 1 atom stereocenters.